The smallest absolute Gasteiger partial charge is 0.332 e. The highest BCUT2D eigenvalue weighted by Crippen LogP contribution is 1.97. The summed E-state index contributed by atoms with van der Waals surface area (Å²) in [6, 6.07) is 10.0. The molecule has 0 fully saturated rings. The highest BCUT2D eigenvalue weighted by atomic mass is 16.5. The van der Waals surface area contributed by atoms with Gasteiger partial charge in [-0.15, -0.1) is 0 Å². The van der Waals surface area contributed by atoms with Gasteiger partial charge >= 0.3 is 11.9 Å². The molecule has 1 aromatic carbocycles. The molecule has 0 heterocycles. The molecule has 0 aliphatic carbocycles. The second-order valence-corrected chi connectivity index (χ2v) is 4.01. The van der Waals surface area contributed by atoms with E-state index in [4.69, 9.17) is 0 Å². The van der Waals surface area contributed by atoms with Crippen molar-refractivity contribution in [3.05, 3.63) is 79.9 Å². The Morgan fingerprint density at radius 3 is 1.96 bits per heavy atom. The van der Waals surface area contributed by atoms with Crippen molar-refractivity contribution in [1.82, 2.24) is 0 Å². The van der Waals surface area contributed by atoms with Crippen LogP contribution in [0.4, 0.5) is 0 Å². The molecule has 0 unspecified atom stereocenters. The molecule has 0 amide bonds. The number of hydrogen-bond donors (Lipinski definition) is 0. The third-order valence-electron chi connectivity index (χ3n) is 2.08. The standard InChI is InChI=1S/C8H8.C6H8O2.C5H8O2/c1-2-8-6-4-3-5-7-8;1-3-5-8-6(7)4-2;1-4(2)5(6)7-3/h2-7H,1H2;3-4H,1-2,5H2;1H2,2-3H3. The van der Waals surface area contributed by atoms with Crippen LogP contribution in [0.5, 0.6) is 0 Å². The van der Waals surface area contributed by atoms with Gasteiger partial charge in [-0.1, -0.05) is 68.8 Å². The van der Waals surface area contributed by atoms with Crippen molar-refractivity contribution >= 4 is 18.0 Å². The molecule has 0 spiro atoms. The summed E-state index contributed by atoms with van der Waals surface area (Å²) in [6.45, 7) is 15.4. The summed E-state index contributed by atoms with van der Waals surface area (Å²) in [5.74, 6) is -0.759. The second-order valence-electron chi connectivity index (χ2n) is 4.01. The van der Waals surface area contributed by atoms with Gasteiger partial charge in [-0.3, -0.25) is 0 Å². The molecule has 4 heteroatoms. The average Bonchev–Trinajstić information content (AvgIpc) is 2.60. The van der Waals surface area contributed by atoms with E-state index in [1.165, 1.54) is 18.7 Å². The number of carbonyl (C=O) groups is 2. The normalized spacial score (nSPS) is 7.91. The largest absolute Gasteiger partial charge is 0.466 e. The van der Waals surface area contributed by atoms with Crippen LogP contribution in [0, 0.1) is 0 Å². The van der Waals surface area contributed by atoms with E-state index in [9.17, 15) is 9.59 Å². The molecule has 0 aliphatic rings. The minimum atomic E-state index is -0.412. The van der Waals surface area contributed by atoms with Gasteiger partial charge in [-0.25, -0.2) is 9.59 Å². The Labute approximate surface area is 138 Å². The molecule has 124 valence electrons. The zero-order valence-corrected chi connectivity index (χ0v) is 13.8. The lowest BCUT2D eigenvalue weighted by atomic mass is 10.2. The molecule has 0 atom stereocenters. The molecule has 0 saturated carbocycles. The molecule has 1 rings (SSSR count). The van der Waals surface area contributed by atoms with Gasteiger partial charge in [0.05, 0.1) is 7.11 Å². The lowest BCUT2D eigenvalue weighted by Gasteiger charge is -1.92. The van der Waals surface area contributed by atoms with Crippen LogP contribution in [-0.2, 0) is 19.1 Å². The van der Waals surface area contributed by atoms with Crippen LogP contribution in [0.25, 0.3) is 6.08 Å². The first kappa shape index (κ1) is 22.4. The third-order valence-corrected chi connectivity index (χ3v) is 2.08. The van der Waals surface area contributed by atoms with Crippen LogP contribution in [0.3, 0.4) is 0 Å². The van der Waals surface area contributed by atoms with Gasteiger partial charge in [0.1, 0.15) is 6.61 Å². The molecule has 0 saturated heterocycles. The minimum Gasteiger partial charge on any atom is -0.466 e. The van der Waals surface area contributed by atoms with E-state index in [1.807, 2.05) is 36.4 Å². The number of methoxy groups -OCH3 is 1. The molecule has 0 aromatic heterocycles. The van der Waals surface area contributed by atoms with Gasteiger partial charge < -0.3 is 9.47 Å². The number of benzene rings is 1. The quantitative estimate of drug-likeness (QED) is 0.468. The lowest BCUT2D eigenvalue weighted by Crippen LogP contribution is -1.98. The van der Waals surface area contributed by atoms with Crippen LogP contribution >= 0.6 is 0 Å². The van der Waals surface area contributed by atoms with Crippen LogP contribution in [0.2, 0.25) is 0 Å². The fraction of sp³-hybridized carbons (Fsp3) is 0.158. The summed E-state index contributed by atoms with van der Waals surface area (Å²) in [5.41, 5.74) is 1.61. The molecule has 0 aliphatic heterocycles. The van der Waals surface area contributed by atoms with E-state index in [0.29, 0.717) is 5.57 Å². The van der Waals surface area contributed by atoms with Crippen LogP contribution in [-0.4, -0.2) is 25.7 Å². The fourth-order valence-electron chi connectivity index (χ4n) is 0.963. The average molecular weight is 316 g/mol. The molecule has 1 aromatic rings. The monoisotopic (exact) mass is 316 g/mol. The molecule has 23 heavy (non-hydrogen) atoms. The van der Waals surface area contributed by atoms with Crippen molar-refractivity contribution in [2.45, 2.75) is 6.92 Å². The summed E-state index contributed by atoms with van der Waals surface area (Å²) in [4.78, 5) is 20.4. The predicted octanol–water partition coefficient (Wildman–Crippen LogP) is 3.97. The van der Waals surface area contributed by atoms with E-state index in [0.717, 1.165) is 6.08 Å². The van der Waals surface area contributed by atoms with E-state index in [-0.39, 0.29) is 12.6 Å². The van der Waals surface area contributed by atoms with Gasteiger partial charge in [0.25, 0.3) is 0 Å². The maximum Gasteiger partial charge on any atom is 0.332 e. The van der Waals surface area contributed by atoms with Crippen LogP contribution < -0.4 is 0 Å². The fourth-order valence-corrected chi connectivity index (χ4v) is 0.963. The number of hydrogen-bond acceptors (Lipinski definition) is 4. The predicted molar refractivity (Wildman–Crippen MR) is 94.7 cm³/mol. The molecular weight excluding hydrogens is 292 g/mol. The van der Waals surface area contributed by atoms with Crippen molar-refractivity contribution in [3.63, 3.8) is 0 Å². The van der Waals surface area contributed by atoms with Crippen molar-refractivity contribution in [2.75, 3.05) is 13.7 Å². The highest BCUT2D eigenvalue weighted by Gasteiger charge is 1.95. The van der Waals surface area contributed by atoms with Crippen molar-refractivity contribution in [1.29, 1.82) is 0 Å². The first-order valence-corrected chi connectivity index (χ1v) is 6.74. The van der Waals surface area contributed by atoms with E-state index in [2.05, 4.69) is 35.8 Å². The molecule has 4 nitrogen and oxygen atoms in total. The van der Waals surface area contributed by atoms with E-state index < -0.39 is 5.97 Å². The first-order valence-electron chi connectivity index (χ1n) is 6.74. The Balaban J connectivity index is 0. The minimum absolute atomic E-state index is 0.255. The maximum atomic E-state index is 10.2. The summed E-state index contributed by atoms with van der Waals surface area (Å²) in [7, 11) is 1.33. The summed E-state index contributed by atoms with van der Waals surface area (Å²) in [6.07, 6.45) is 4.45. The first-order chi connectivity index (χ1) is 10.9. The zero-order valence-electron chi connectivity index (χ0n) is 13.8. The van der Waals surface area contributed by atoms with E-state index >= 15 is 0 Å². The molecule has 0 N–H and O–H groups in total. The van der Waals surface area contributed by atoms with Gasteiger partial charge in [-0.05, 0) is 12.5 Å². The summed E-state index contributed by atoms with van der Waals surface area (Å²) >= 11 is 0. The SMILES string of the molecule is C=C(C)C(=O)OC.C=CCOC(=O)C=C.C=Cc1ccccc1. The highest BCUT2D eigenvalue weighted by molar-refractivity contribution is 5.86. The van der Waals surface area contributed by atoms with Crippen LogP contribution in [0.15, 0.2) is 74.4 Å². The Morgan fingerprint density at radius 2 is 1.70 bits per heavy atom. The Morgan fingerprint density at radius 1 is 1.13 bits per heavy atom. The maximum absolute atomic E-state index is 10.2. The van der Waals surface area contributed by atoms with E-state index in [1.54, 1.807) is 6.92 Å². The number of ether oxygens (including phenoxy) is 2. The number of carbonyl (C=O) groups excluding carboxylic acids is 2. The molecule has 0 bridgehead atoms. The Kier molecular flexibility index (Phi) is 15.1. The zero-order chi connectivity index (χ0) is 18.1. The molecule has 0 radical (unpaired) electrons. The summed E-state index contributed by atoms with van der Waals surface area (Å²) in [5, 5.41) is 0. The van der Waals surface area contributed by atoms with Gasteiger partial charge in [0, 0.05) is 11.6 Å². The topological polar surface area (TPSA) is 52.6 Å². The Bertz CT molecular complexity index is 515. The van der Waals surface area contributed by atoms with Gasteiger partial charge in [0.2, 0.25) is 0 Å². The second kappa shape index (κ2) is 15.5. The van der Waals surface area contributed by atoms with Crippen molar-refractivity contribution in [2.24, 2.45) is 0 Å². The van der Waals surface area contributed by atoms with Crippen molar-refractivity contribution < 1.29 is 19.1 Å². The van der Waals surface area contributed by atoms with Crippen LogP contribution in [0.1, 0.15) is 12.5 Å². The Hall–Kier alpha value is -2.88. The van der Waals surface area contributed by atoms with Gasteiger partial charge in [-0.2, -0.15) is 0 Å². The number of esters is 2. The molecular formula is C19H24O4. The third kappa shape index (κ3) is 15.3. The van der Waals surface area contributed by atoms with Gasteiger partial charge in [0.15, 0.2) is 0 Å². The van der Waals surface area contributed by atoms with Crippen molar-refractivity contribution in [3.8, 4) is 0 Å². The lowest BCUT2D eigenvalue weighted by molar-refractivity contribution is -0.137. The number of rotatable bonds is 5. The summed E-state index contributed by atoms with van der Waals surface area (Å²) < 4.78 is 8.74.